The molecule has 3 nitrogen and oxygen atoms in total. The summed E-state index contributed by atoms with van der Waals surface area (Å²) >= 11 is 13.5. The van der Waals surface area contributed by atoms with E-state index in [4.69, 9.17) is 23.2 Å². The lowest BCUT2D eigenvalue weighted by molar-refractivity contribution is 0.0716. The number of hydrogen-bond donors (Lipinski definition) is 0. The average molecular weight is 291 g/mol. The molecule has 0 N–H and O–H groups in total. The van der Waals surface area contributed by atoms with Crippen LogP contribution in [0.5, 0.6) is 0 Å². The maximum Gasteiger partial charge on any atom is 0.254 e. The van der Waals surface area contributed by atoms with Crippen LogP contribution in [0.3, 0.4) is 0 Å². The second-order valence-electron chi connectivity index (χ2n) is 3.92. The van der Waals surface area contributed by atoms with E-state index in [1.807, 2.05) is 16.7 Å². The molecule has 1 aliphatic rings. The van der Waals surface area contributed by atoms with Gasteiger partial charge in [0.15, 0.2) is 0 Å². The van der Waals surface area contributed by atoms with E-state index in [-0.39, 0.29) is 22.3 Å². The first-order valence-corrected chi connectivity index (χ1v) is 7.21. The Bertz CT molecular complexity index is 421. The minimum Gasteiger partial charge on any atom is -0.334 e. The third-order valence-electron chi connectivity index (χ3n) is 2.64. The first kappa shape index (κ1) is 13.0. The van der Waals surface area contributed by atoms with E-state index in [2.05, 4.69) is 11.9 Å². The van der Waals surface area contributed by atoms with Crippen molar-refractivity contribution in [1.29, 1.82) is 0 Å². The van der Waals surface area contributed by atoms with Gasteiger partial charge in [-0.1, -0.05) is 23.2 Å². The van der Waals surface area contributed by atoms with Crippen molar-refractivity contribution < 1.29 is 4.79 Å². The van der Waals surface area contributed by atoms with Gasteiger partial charge in [0.2, 0.25) is 0 Å². The van der Waals surface area contributed by atoms with E-state index in [0.29, 0.717) is 5.56 Å². The molecule has 1 aromatic heterocycles. The highest BCUT2D eigenvalue weighted by molar-refractivity contribution is 7.99. The van der Waals surface area contributed by atoms with E-state index in [1.54, 1.807) is 12.1 Å². The van der Waals surface area contributed by atoms with Gasteiger partial charge in [-0.3, -0.25) is 4.79 Å². The zero-order chi connectivity index (χ0) is 12.4. The molecule has 6 heteroatoms. The van der Waals surface area contributed by atoms with Gasteiger partial charge in [0, 0.05) is 29.7 Å². The van der Waals surface area contributed by atoms with Gasteiger partial charge in [-0.25, -0.2) is 4.98 Å². The smallest absolute Gasteiger partial charge is 0.254 e. The van der Waals surface area contributed by atoms with Crippen LogP contribution in [0.4, 0.5) is 0 Å². The Morgan fingerprint density at radius 3 is 2.71 bits per heavy atom. The molecule has 17 heavy (non-hydrogen) atoms. The van der Waals surface area contributed by atoms with Crippen LogP contribution in [0.15, 0.2) is 12.1 Å². The fourth-order valence-electron chi connectivity index (χ4n) is 1.78. The van der Waals surface area contributed by atoms with Crippen molar-refractivity contribution in [3.8, 4) is 0 Å². The standard InChI is InChI=1S/C11H12Cl2N2OS/c1-7-6-17-3-2-15(7)11(16)8-4-9(12)14-10(13)5-8/h4-5,7H,2-3,6H2,1H3. The zero-order valence-corrected chi connectivity index (χ0v) is 11.6. The van der Waals surface area contributed by atoms with Crippen LogP contribution in [0.25, 0.3) is 0 Å². The van der Waals surface area contributed by atoms with E-state index in [0.717, 1.165) is 18.1 Å². The summed E-state index contributed by atoms with van der Waals surface area (Å²) in [6.45, 7) is 2.82. The third kappa shape index (κ3) is 3.06. The maximum atomic E-state index is 12.3. The van der Waals surface area contributed by atoms with E-state index >= 15 is 0 Å². The van der Waals surface area contributed by atoms with Crippen LogP contribution < -0.4 is 0 Å². The van der Waals surface area contributed by atoms with Gasteiger partial charge in [0.1, 0.15) is 10.3 Å². The van der Waals surface area contributed by atoms with Crippen LogP contribution in [0.1, 0.15) is 17.3 Å². The van der Waals surface area contributed by atoms with Crippen LogP contribution in [0, 0.1) is 0 Å². The first-order chi connectivity index (χ1) is 8.08. The van der Waals surface area contributed by atoms with Crippen LogP contribution >= 0.6 is 35.0 Å². The number of carbonyl (C=O) groups is 1. The highest BCUT2D eigenvalue weighted by Crippen LogP contribution is 2.21. The van der Waals surface area contributed by atoms with Crippen molar-refractivity contribution in [3.05, 3.63) is 28.0 Å². The van der Waals surface area contributed by atoms with Gasteiger partial charge < -0.3 is 4.90 Å². The largest absolute Gasteiger partial charge is 0.334 e. The lowest BCUT2D eigenvalue weighted by Gasteiger charge is -2.33. The molecule has 1 fully saturated rings. The number of thioether (sulfide) groups is 1. The number of hydrogen-bond acceptors (Lipinski definition) is 3. The molecule has 1 aliphatic heterocycles. The fourth-order valence-corrected chi connectivity index (χ4v) is 3.26. The van der Waals surface area contributed by atoms with E-state index < -0.39 is 0 Å². The van der Waals surface area contributed by atoms with Crippen LogP contribution in [-0.2, 0) is 0 Å². The van der Waals surface area contributed by atoms with Crippen molar-refractivity contribution in [3.63, 3.8) is 0 Å². The number of nitrogens with zero attached hydrogens (tertiary/aromatic N) is 2. The molecule has 1 atom stereocenters. The number of amides is 1. The highest BCUT2D eigenvalue weighted by Gasteiger charge is 2.25. The summed E-state index contributed by atoms with van der Waals surface area (Å²) in [4.78, 5) is 18.0. The van der Waals surface area contributed by atoms with Gasteiger partial charge >= 0.3 is 0 Å². The molecular weight excluding hydrogens is 279 g/mol. The minimum atomic E-state index is -0.0241. The normalized spacial score (nSPS) is 20.4. The van der Waals surface area contributed by atoms with Crippen molar-refractivity contribution in [1.82, 2.24) is 9.88 Å². The molecule has 92 valence electrons. The Hall–Kier alpha value is -0.450. The molecule has 1 amide bonds. The summed E-state index contributed by atoms with van der Waals surface area (Å²) in [5, 5.41) is 0.500. The molecule has 0 aliphatic carbocycles. The van der Waals surface area contributed by atoms with Gasteiger partial charge in [0.25, 0.3) is 5.91 Å². The van der Waals surface area contributed by atoms with Crippen molar-refractivity contribution >= 4 is 40.9 Å². The van der Waals surface area contributed by atoms with E-state index in [1.165, 1.54) is 0 Å². The molecule has 0 radical (unpaired) electrons. The Balaban J connectivity index is 2.23. The molecule has 0 saturated carbocycles. The van der Waals surface area contributed by atoms with Crippen LogP contribution in [-0.4, -0.2) is 39.9 Å². The molecule has 2 rings (SSSR count). The number of carbonyl (C=O) groups excluding carboxylic acids is 1. The topological polar surface area (TPSA) is 33.2 Å². The molecule has 0 bridgehead atoms. The Kier molecular flexibility index (Phi) is 4.17. The number of halogens is 2. The molecular formula is C11H12Cl2N2OS. The fraction of sp³-hybridized carbons (Fsp3) is 0.455. The Labute approximate surface area is 114 Å². The number of aromatic nitrogens is 1. The summed E-state index contributed by atoms with van der Waals surface area (Å²) in [6, 6.07) is 3.36. The summed E-state index contributed by atoms with van der Waals surface area (Å²) in [7, 11) is 0. The second-order valence-corrected chi connectivity index (χ2v) is 5.85. The van der Waals surface area contributed by atoms with Crippen molar-refractivity contribution in [2.24, 2.45) is 0 Å². The summed E-state index contributed by atoms with van der Waals surface area (Å²) < 4.78 is 0. The third-order valence-corrected chi connectivity index (χ3v) is 4.21. The van der Waals surface area contributed by atoms with Gasteiger partial charge in [-0.15, -0.1) is 0 Å². The maximum absolute atomic E-state index is 12.3. The molecule has 2 heterocycles. The van der Waals surface area contributed by atoms with Crippen molar-refractivity contribution in [2.75, 3.05) is 18.1 Å². The zero-order valence-electron chi connectivity index (χ0n) is 9.32. The first-order valence-electron chi connectivity index (χ1n) is 5.29. The summed E-state index contributed by atoms with van der Waals surface area (Å²) in [5.74, 6) is 1.92. The Morgan fingerprint density at radius 2 is 2.12 bits per heavy atom. The average Bonchev–Trinajstić information content (AvgIpc) is 2.27. The van der Waals surface area contributed by atoms with Crippen molar-refractivity contribution in [2.45, 2.75) is 13.0 Å². The molecule has 1 unspecified atom stereocenters. The van der Waals surface area contributed by atoms with Gasteiger partial charge in [-0.2, -0.15) is 11.8 Å². The lowest BCUT2D eigenvalue weighted by atomic mass is 10.2. The SMILES string of the molecule is CC1CSCCN1C(=O)c1cc(Cl)nc(Cl)c1. The predicted octanol–water partition coefficient (Wildman–Crippen LogP) is 2.97. The van der Waals surface area contributed by atoms with E-state index in [9.17, 15) is 4.79 Å². The van der Waals surface area contributed by atoms with Crippen LogP contribution in [0.2, 0.25) is 10.3 Å². The molecule has 0 aromatic carbocycles. The predicted molar refractivity (Wildman–Crippen MR) is 72.1 cm³/mol. The molecule has 1 saturated heterocycles. The lowest BCUT2D eigenvalue weighted by Crippen LogP contribution is -2.44. The highest BCUT2D eigenvalue weighted by atomic mass is 35.5. The molecule has 0 spiro atoms. The Morgan fingerprint density at radius 1 is 1.47 bits per heavy atom. The number of pyridine rings is 1. The summed E-state index contributed by atoms with van der Waals surface area (Å²) in [6.07, 6.45) is 0. The number of rotatable bonds is 1. The quantitative estimate of drug-likeness (QED) is 0.746. The second kappa shape index (κ2) is 5.46. The monoisotopic (exact) mass is 290 g/mol. The van der Waals surface area contributed by atoms with Gasteiger partial charge in [-0.05, 0) is 19.1 Å². The minimum absolute atomic E-state index is 0.0241. The molecule has 1 aromatic rings. The summed E-state index contributed by atoms with van der Waals surface area (Å²) in [5.41, 5.74) is 0.508. The van der Waals surface area contributed by atoms with Gasteiger partial charge in [0.05, 0.1) is 0 Å².